The summed E-state index contributed by atoms with van der Waals surface area (Å²) < 4.78 is 69.5. The number of benzene rings is 2. The Kier molecular flexibility index (Phi) is 5.77. The second-order valence-corrected chi connectivity index (χ2v) is 8.30. The second-order valence-electron chi connectivity index (χ2n) is 6.41. The molecule has 3 rings (SSSR count). The number of hydrogen-bond acceptors (Lipinski definition) is 5. The Morgan fingerprint density at radius 3 is 2.33 bits per heavy atom. The van der Waals surface area contributed by atoms with E-state index in [0.29, 0.717) is 22.6 Å². The molecule has 0 amide bonds. The summed E-state index contributed by atoms with van der Waals surface area (Å²) in [6, 6.07) is 9.93. The van der Waals surface area contributed by atoms with Crippen LogP contribution in [0.25, 0.3) is 11.3 Å². The number of aromatic nitrogens is 2. The smallest absolute Gasteiger partial charge is 0.406 e. The first-order valence-corrected chi connectivity index (χ1v) is 10.1. The standard InChI is InChI=1S/C19H19F3N4O3S/c1-23-30(27,28)15-8-9-18(16(10-15)17-11-25(2)12-24-17)26(3)13-4-6-14(7-5-13)29-19(20,21)22/h4-12,23H,1-3H3. The first-order valence-electron chi connectivity index (χ1n) is 8.65. The first-order chi connectivity index (χ1) is 14.0. The average Bonchev–Trinajstić information content (AvgIpc) is 3.12. The zero-order valence-corrected chi connectivity index (χ0v) is 17.1. The fraction of sp³-hybridized carbons (Fsp3) is 0.211. The molecule has 0 radical (unpaired) electrons. The normalized spacial score (nSPS) is 12.1. The van der Waals surface area contributed by atoms with Crippen LogP contribution in [0.3, 0.4) is 0 Å². The molecule has 11 heteroatoms. The van der Waals surface area contributed by atoms with Crippen LogP contribution >= 0.6 is 0 Å². The van der Waals surface area contributed by atoms with Crippen LogP contribution in [0.15, 0.2) is 59.9 Å². The van der Waals surface area contributed by atoms with E-state index in [1.807, 2.05) is 0 Å². The molecule has 0 aliphatic carbocycles. The quantitative estimate of drug-likeness (QED) is 0.633. The number of halogens is 3. The highest BCUT2D eigenvalue weighted by molar-refractivity contribution is 7.89. The van der Waals surface area contributed by atoms with Gasteiger partial charge in [-0.05, 0) is 49.5 Å². The maximum atomic E-state index is 12.4. The maximum Gasteiger partial charge on any atom is 0.573 e. The van der Waals surface area contributed by atoms with E-state index < -0.39 is 16.4 Å². The van der Waals surface area contributed by atoms with E-state index in [1.165, 1.54) is 43.4 Å². The number of nitrogens with zero attached hydrogens (tertiary/aromatic N) is 3. The summed E-state index contributed by atoms with van der Waals surface area (Å²) in [6.45, 7) is 0. The minimum absolute atomic E-state index is 0.0664. The fourth-order valence-electron chi connectivity index (χ4n) is 2.86. The van der Waals surface area contributed by atoms with Crippen LogP contribution in [0.5, 0.6) is 5.75 Å². The molecule has 0 unspecified atom stereocenters. The summed E-state index contributed by atoms with van der Waals surface area (Å²) in [6.07, 6.45) is -1.45. The van der Waals surface area contributed by atoms with E-state index in [1.54, 1.807) is 42.2 Å². The zero-order chi connectivity index (χ0) is 22.1. The van der Waals surface area contributed by atoms with Crippen LogP contribution in [0.4, 0.5) is 24.5 Å². The van der Waals surface area contributed by atoms with Crippen LogP contribution < -0.4 is 14.4 Å². The van der Waals surface area contributed by atoms with E-state index in [0.717, 1.165) is 0 Å². The van der Waals surface area contributed by atoms with Gasteiger partial charge in [0.15, 0.2) is 0 Å². The number of hydrogen-bond donors (Lipinski definition) is 1. The number of anilines is 2. The number of rotatable bonds is 6. The number of aryl methyl sites for hydroxylation is 1. The van der Waals surface area contributed by atoms with E-state index in [-0.39, 0.29) is 10.6 Å². The van der Waals surface area contributed by atoms with Crippen molar-refractivity contribution < 1.29 is 26.3 Å². The molecular formula is C19H19F3N4O3S. The third-order valence-electron chi connectivity index (χ3n) is 4.35. The molecule has 0 bridgehead atoms. The Bertz CT molecular complexity index is 1140. The van der Waals surface area contributed by atoms with Gasteiger partial charge in [-0.1, -0.05) is 0 Å². The molecule has 1 aromatic heterocycles. The second kappa shape index (κ2) is 8.00. The van der Waals surface area contributed by atoms with Crippen molar-refractivity contribution in [2.75, 3.05) is 19.0 Å². The fourth-order valence-corrected chi connectivity index (χ4v) is 3.62. The van der Waals surface area contributed by atoms with Gasteiger partial charge in [0.25, 0.3) is 0 Å². The van der Waals surface area contributed by atoms with Crippen molar-refractivity contribution in [2.45, 2.75) is 11.3 Å². The van der Waals surface area contributed by atoms with Gasteiger partial charge >= 0.3 is 6.36 Å². The van der Waals surface area contributed by atoms with Gasteiger partial charge in [-0.2, -0.15) is 0 Å². The molecule has 0 atom stereocenters. The van der Waals surface area contributed by atoms with Crippen LogP contribution in [0.2, 0.25) is 0 Å². The molecule has 1 N–H and O–H groups in total. The van der Waals surface area contributed by atoms with Crippen molar-refractivity contribution in [3.63, 3.8) is 0 Å². The van der Waals surface area contributed by atoms with E-state index in [9.17, 15) is 21.6 Å². The van der Waals surface area contributed by atoms with E-state index >= 15 is 0 Å². The van der Waals surface area contributed by atoms with Gasteiger partial charge in [0.1, 0.15) is 5.75 Å². The molecule has 3 aromatic rings. The van der Waals surface area contributed by atoms with Crippen LogP contribution in [-0.4, -0.2) is 38.4 Å². The molecule has 0 saturated heterocycles. The van der Waals surface area contributed by atoms with Gasteiger partial charge in [-0.3, -0.25) is 0 Å². The molecule has 0 saturated carbocycles. The molecule has 2 aromatic carbocycles. The lowest BCUT2D eigenvalue weighted by molar-refractivity contribution is -0.274. The molecular weight excluding hydrogens is 421 g/mol. The zero-order valence-electron chi connectivity index (χ0n) is 16.3. The number of sulfonamides is 1. The summed E-state index contributed by atoms with van der Waals surface area (Å²) in [4.78, 5) is 6.09. The molecule has 1 heterocycles. The highest BCUT2D eigenvalue weighted by Gasteiger charge is 2.31. The van der Waals surface area contributed by atoms with Crippen LogP contribution in [-0.2, 0) is 17.1 Å². The highest BCUT2D eigenvalue weighted by atomic mass is 32.2. The van der Waals surface area contributed by atoms with Gasteiger partial charge in [-0.25, -0.2) is 18.1 Å². The number of nitrogens with one attached hydrogen (secondary N) is 1. The first kappa shape index (κ1) is 21.7. The van der Waals surface area contributed by atoms with E-state index in [2.05, 4.69) is 14.4 Å². The minimum atomic E-state index is -4.77. The molecule has 0 fully saturated rings. The summed E-state index contributed by atoms with van der Waals surface area (Å²) in [7, 11) is 1.14. The molecule has 30 heavy (non-hydrogen) atoms. The number of imidazole rings is 1. The topological polar surface area (TPSA) is 76.5 Å². The largest absolute Gasteiger partial charge is 0.573 e. The SMILES string of the molecule is CNS(=O)(=O)c1ccc(N(C)c2ccc(OC(F)(F)F)cc2)c(-c2cn(C)cn2)c1. The Hall–Kier alpha value is -3.05. The monoisotopic (exact) mass is 440 g/mol. The Morgan fingerprint density at radius 2 is 1.80 bits per heavy atom. The van der Waals surface area contributed by atoms with Crippen molar-refractivity contribution in [1.29, 1.82) is 0 Å². The molecule has 7 nitrogen and oxygen atoms in total. The Balaban J connectivity index is 2.04. The number of alkyl halides is 3. The third kappa shape index (κ3) is 4.74. The van der Waals surface area contributed by atoms with Gasteiger partial charge < -0.3 is 14.2 Å². The summed E-state index contributed by atoms with van der Waals surface area (Å²) >= 11 is 0. The lowest BCUT2D eigenvalue weighted by Gasteiger charge is -2.23. The van der Waals surface area contributed by atoms with Crippen molar-refractivity contribution in [2.24, 2.45) is 7.05 Å². The maximum absolute atomic E-state index is 12.4. The predicted octanol–water partition coefficient (Wildman–Crippen LogP) is 3.66. The van der Waals surface area contributed by atoms with Crippen LogP contribution in [0, 0.1) is 0 Å². The van der Waals surface area contributed by atoms with Gasteiger partial charge in [0.05, 0.1) is 22.6 Å². The third-order valence-corrected chi connectivity index (χ3v) is 5.76. The Morgan fingerprint density at radius 1 is 1.13 bits per heavy atom. The Labute approximate surface area is 171 Å². The minimum Gasteiger partial charge on any atom is -0.406 e. The lowest BCUT2D eigenvalue weighted by Crippen LogP contribution is -2.19. The van der Waals surface area contributed by atoms with Crippen molar-refractivity contribution in [3.05, 3.63) is 55.0 Å². The average molecular weight is 440 g/mol. The summed E-state index contributed by atoms with van der Waals surface area (Å²) in [5.41, 5.74) is 2.29. The molecule has 0 aliphatic heterocycles. The van der Waals surface area contributed by atoms with Crippen LogP contribution in [0.1, 0.15) is 0 Å². The van der Waals surface area contributed by atoms with Crippen molar-refractivity contribution >= 4 is 21.4 Å². The molecule has 0 aliphatic rings. The predicted molar refractivity (Wildman–Crippen MR) is 106 cm³/mol. The van der Waals surface area contributed by atoms with Crippen molar-refractivity contribution in [1.82, 2.24) is 14.3 Å². The van der Waals surface area contributed by atoms with E-state index in [4.69, 9.17) is 0 Å². The lowest BCUT2D eigenvalue weighted by atomic mass is 10.1. The number of ether oxygens (including phenoxy) is 1. The summed E-state index contributed by atoms with van der Waals surface area (Å²) in [5, 5.41) is 0. The molecule has 0 spiro atoms. The van der Waals surface area contributed by atoms with Gasteiger partial charge in [0.2, 0.25) is 10.0 Å². The van der Waals surface area contributed by atoms with Gasteiger partial charge in [-0.15, -0.1) is 13.2 Å². The summed E-state index contributed by atoms with van der Waals surface area (Å²) in [5.74, 6) is -0.333. The highest BCUT2D eigenvalue weighted by Crippen LogP contribution is 2.36. The van der Waals surface area contributed by atoms with Crippen molar-refractivity contribution in [3.8, 4) is 17.0 Å². The van der Waals surface area contributed by atoms with Gasteiger partial charge in [0, 0.05) is 31.5 Å². The molecule has 160 valence electrons.